The lowest BCUT2D eigenvalue weighted by Gasteiger charge is -2.28. The summed E-state index contributed by atoms with van der Waals surface area (Å²) in [4.78, 5) is 34.5. The second kappa shape index (κ2) is 11.5. The van der Waals surface area contributed by atoms with E-state index >= 15 is 0 Å². The normalized spacial score (nSPS) is 17.5. The van der Waals surface area contributed by atoms with Crippen LogP contribution >= 0.6 is 11.3 Å². The van der Waals surface area contributed by atoms with E-state index in [4.69, 9.17) is 18.9 Å². The fourth-order valence-electron chi connectivity index (χ4n) is 4.89. The first-order valence-electron chi connectivity index (χ1n) is 12.8. The second-order valence-electron chi connectivity index (χ2n) is 9.10. The van der Waals surface area contributed by atoms with Crippen molar-refractivity contribution in [2.24, 2.45) is 4.99 Å². The highest BCUT2D eigenvalue weighted by Crippen LogP contribution is 2.37. The largest absolute Gasteiger partial charge is 0.497 e. The van der Waals surface area contributed by atoms with Crippen molar-refractivity contribution < 1.29 is 23.7 Å². The van der Waals surface area contributed by atoms with Crippen molar-refractivity contribution in [3.05, 3.63) is 84.5 Å². The van der Waals surface area contributed by atoms with Gasteiger partial charge in [-0.3, -0.25) is 9.36 Å². The van der Waals surface area contributed by atoms with E-state index in [1.807, 2.05) is 18.2 Å². The minimum absolute atomic E-state index is 0.197. The molecule has 0 spiro atoms. The quantitative estimate of drug-likeness (QED) is 0.419. The van der Waals surface area contributed by atoms with E-state index in [0.717, 1.165) is 37.6 Å². The average Bonchev–Trinajstić information content (AvgIpc) is 3.26. The first-order valence-corrected chi connectivity index (χ1v) is 13.6. The lowest BCUT2D eigenvalue weighted by molar-refractivity contribution is -0.139. The number of allylic oxidation sites excluding steroid dienone is 1. The van der Waals surface area contributed by atoms with E-state index < -0.39 is 12.0 Å². The highest BCUT2D eigenvalue weighted by molar-refractivity contribution is 7.07. The Bertz CT molecular complexity index is 1580. The maximum absolute atomic E-state index is 13.9. The molecule has 1 atom stereocenters. The van der Waals surface area contributed by atoms with Crippen molar-refractivity contribution in [2.75, 3.05) is 52.0 Å². The number of benzene rings is 2. The summed E-state index contributed by atoms with van der Waals surface area (Å²) in [6, 6.07) is 12.6. The standard InChI is InChI=1S/C29H31N3O6S/c1-5-38-28(34)25-18(2)30-29-32(26(25)22-17-21(35-3)10-11-23(22)36-4)27(33)24(39-29)16-19-6-8-20(9-7-19)31-12-14-37-15-13-31/h6-11,16-17,26H,5,12-15H2,1-4H3/b24-16+/t26-/m1/s1. The van der Waals surface area contributed by atoms with Crippen LogP contribution in [-0.2, 0) is 14.3 Å². The van der Waals surface area contributed by atoms with Crippen molar-refractivity contribution in [1.82, 2.24) is 4.57 Å². The number of nitrogens with zero attached hydrogens (tertiary/aromatic N) is 3. The van der Waals surface area contributed by atoms with Gasteiger partial charge in [-0.25, -0.2) is 9.79 Å². The molecule has 39 heavy (non-hydrogen) atoms. The van der Waals surface area contributed by atoms with E-state index in [-0.39, 0.29) is 17.7 Å². The molecule has 2 aliphatic heterocycles. The third-order valence-electron chi connectivity index (χ3n) is 6.82. The number of esters is 1. The Kier molecular flexibility index (Phi) is 7.85. The summed E-state index contributed by atoms with van der Waals surface area (Å²) < 4.78 is 24.0. The van der Waals surface area contributed by atoms with Crippen LogP contribution in [-0.4, -0.2) is 57.7 Å². The van der Waals surface area contributed by atoms with Crippen LogP contribution in [0, 0.1) is 0 Å². The number of fused-ring (bicyclic) bond motifs is 1. The van der Waals surface area contributed by atoms with Gasteiger partial charge >= 0.3 is 5.97 Å². The third-order valence-corrected chi connectivity index (χ3v) is 7.80. The molecule has 10 heteroatoms. The Morgan fingerprint density at radius 1 is 1.13 bits per heavy atom. The molecule has 0 radical (unpaired) electrons. The summed E-state index contributed by atoms with van der Waals surface area (Å²) in [6.07, 6.45) is 1.86. The minimum atomic E-state index is -0.795. The van der Waals surface area contributed by atoms with Crippen LogP contribution < -0.4 is 29.3 Å². The van der Waals surface area contributed by atoms with Gasteiger partial charge in [0, 0.05) is 24.3 Å². The summed E-state index contributed by atoms with van der Waals surface area (Å²) in [7, 11) is 3.12. The number of morpholine rings is 1. The van der Waals surface area contributed by atoms with Crippen molar-refractivity contribution in [2.45, 2.75) is 19.9 Å². The molecule has 2 aliphatic rings. The number of carbonyl (C=O) groups excluding carboxylic acids is 1. The zero-order valence-corrected chi connectivity index (χ0v) is 23.2. The van der Waals surface area contributed by atoms with Gasteiger partial charge in [-0.15, -0.1) is 0 Å². The van der Waals surface area contributed by atoms with Crippen molar-refractivity contribution >= 4 is 29.1 Å². The van der Waals surface area contributed by atoms with Gasteiger partial charge in [-0.2, -0.15) is 0 Å². The Hall–Kier alpha value is -3.89. The molecule has 1 fully saturated rings. The molecule has 204 valence electrons. The molecule has 3 aromatic rings. The molecule has 0 bridgehead atoms. The molecule has 1 aromatic heterocycles. The van der Waals surface area contributed by atoms with E-state index in [1.165, 1.54) is 11.3 Å². The number of hydrogen-bond acceptors (Lipinski definition) is 9. The second-order valence-corrected chi connectivity index (χ2v) is 10.1. The van der Waals surface area contributed by atoms with Crippen molar-refractivity contribution in [3.8, 4) is 11.5 Å². The zero-order valence-electron chi connectivity index (χ0n) is 22.4. The van der Waals surface area contributed by atoms with Gasteiger partial charge in [-0.1, -0.05) is 23.5 Å². The van der Waals surface area contributed by atoms with E-state index in [1.54, 1.807) is 50.8 Å². The molecular formula is C29H31N3O6S. The van der Waals surface area contributed by atoms with Crippen LogP contribution in [0.25, 0.3) is 6.08 Å². The maximum Gasteiger partial charge on any atom is 0.338 e. The number of aromatic nitrogens is 1. The Balaban J connectivity index is 1.63. The van der Waals surface area contributed by atoms with E-state index in [2.05, 4.69) is 22.0 Å². The van der Waals surface area contributed by atoms with Gasteiger partial charge in [0.25, 0.3) is 5.56 Å². The molecule has 5 rings (SSSR count). The lowest BCUT2D eigenvalue weighted by Crippen LogP contribution is -2.40. The SMILES string of the molecule is CCOC(=O)C1=C(C)N=c2s/c(=C/c3ccc(N4CCOCC4)cc3)c(=O)n2[C@@H]1c1cc(OC)ccc1OC. The van der Waals surface area contributed by atoms with Gasteiger partial charge in [0.1, 0.15) is 17.5 Å². The van der Waals surface area contributed by atoms with Gasteiger partial charge in [0.05, 0.1) is 49.8 Å². The van der Waals surface area contributed by atoms with Gasteiger partial charge in [0.15, 0.2) is 4.80 Å². The van der Waals surface area contributed by atoms with Crippen LogP contribution in [0.4, 0.5) is 5.69 Å². The average molecular weight is 550 g/mol. The fourth-order valence-corrected chi connectivity index (χ4v) is 5.94. The van der Waals surface area contributed by atoms with Gasteiger partial charge in [-0.05, 0) is 55.8 Å². The number of rotatable bonds is 7. The molecule has 2 aromatic carbocycles. The number of thiazole rings is 1. The van der Waals surface area contributed by atoms with Gasteiger partial charge < -0.3 is 23.8 Å². The Morgan fingerprint density at radius 3 is 2.54 bits per heavy atom. The predicted molar refractivity (Wildman–Crippen MR) is 149 cm³/mol. The molecule has 0 amide bonds. The third kappa shape index (κ3) is 5.22. The number of ether oxygens (including phenoxy) is 4. The summed E-state index contributed by atoms with van der Waals surface area (Å²) in [5.74, 6) is 0.568. The van der Waals surface area contributed by atoms with Crippen molar-refractivity contribution in [1.29, 1.82) is 0 Å². The smallest absolute Gasteiger partial charge is 0.338 e. The topological polar surface area (TPSA) is 91.6 Å². The predicted octanol–water partition coefficient (Wildman–Crippen LogP) is 2.65. The number of carbonyl (C=O) groups is 1. The maximum atomic E-state index is 13.9. The summed E-state index contributed by atoms with van der Waals surface area (Å²) in [5, 5.41) is 0. The van der Waals surface area contributed by atoms with Crippen LogP contribution in [0.3, 0.4) is 0 Å². The number of anilines is 1. The molecule has 3 heterocycles. The first kappa shape index (κ1) is 26.7. The number of hydrogen-bond donors (Lipinski definition) is 0. The van der Waals surface area contributed by atoms with Crippen LogP contribution in [0.2, 0.25) is 0 Å². The molecule has 0 N–H and O–H groups in total. The van der Waals surface area contributed by atoms with Gasteiger partial charge in [0.2, 0.25) is 0 Å². The number of methoxy groups -OCH3 is 2. The minimum Gasteiger partial charge on any atom is -0.497 e. The zero-order chi connectivity index (χ0) is 27.5. The van der Waals surface area contributed by atoms with Crippen LogP contribution in [0.15, 0.2) is 63.5 Å². The molecule has 9 nitrogen and oxygen atoms in total. The Labute approximate surface area is 230 Å². The first-order chi connectivity index (χ1) is 18.9. The molecule has 1 saturated heterocycles. The van der Waals surface area contributed by atoms with E-state index in [0.29, 0.717) is 32.1 Å². The van der Waals surface area contributed by atoms with Crippen LogP contribution in [0.1, 0.15) is 31.0 Å². The fraction of sp³-hybridized carbons (Fsp3) is 0.345. The highest BCUT2D eigenvalue weighted by atomic mass is 32.1. The summed E-state index contributed by atoms with van der Waals surface area (Å²) in [6.45, 7) is 6.84. The lowest BCUT2D eigenvalue weighted by atomic mass is 9.94. The summed E-state index contributed by atoms with van der Waals surface area (Å²) >= 11 is 1.28. The molecular weight excluding hydrogens is 518 g/mol. The summed E-state index contributed by atoms with van der Waals surface area (Å²) in [5.41, 5.74) is 3.16. The van der Waals surface area contributed by atoms with Crippen molar-refractivity contribution in [3.63, 3.8) is 0 Å². The highest BCUT2D eigenvalue weighted by Gasteiger charge is 2.35. The van der Waals surface area contributed by atoms with Crippen LogP contribution in [0.5, 0.6) is 11.5 Å². The molecule has 0 aliphatic carbocycles. The Morgan fingerprint density at radius 2 is 1.87 bits per heavy atom. The molecule has 0 saturated carbocycles. The molecule has 0 unspecified atom stereocenters. The monoisotopic (exact) mass is 549 g/mol. The van der Waals surface area contributed by atoms with E-state index in [9.17, 15) is 9.59 Å².